The topological polar surface area (TPSA) is 46.6 Å². The summed E-state index contributed by atoms with van der Waals surface area (Å²) in [6.45, 7) is 1.91. The van der Waals surface area contributed by atoms with Gasteiger partial charge in [0.1, 0.15) is 0 Å². The maximum Gasteiger partial charge on any atom is 0.338 e. The van der Waals surface area contributed by atoms with E-state index >= 15 is 0 Å². The van der Waals surface area contributed by atoms with Gasteiger partial charge in [0, 0.05) is 36.2 Å². The summed E-state index contributed by atoms with van der Waals surface area (Å²) in [6, 6.07) is 21.6. The minimum Gasteiger partial charge on any atom is -0.454 e. The summed E-state index contributed by atoms with van der Waals surface area (Å²) >= 11 is 0. The van der Waals surface area contributed by atoms with Crippen molar-refractivity contribution in [1.82, 2.24) is 0 Å². The second-order valence-electron chi connectivity index (χ2n) is 10.8. The van der Waals surface area contributed by atoms with E-state index in [1.54, 1.807) is 12.1 Å². The summed E-state index contributed by atoms with van der Waals surface area (Å²) in [4.78, 5) is 28.6. The molecule has 0 fully saturated rings. The van der Waals surface area contributed by atoms with Crippen LogP contribution in [0.1, 0.15) is 56.5 Å². The second-order valence-corrected chi connectivity index (χ2v) is 10.8. The Morgan fingerprint density at radius 1 is 0.757 bits per heavy atom. The van der Waals surface area contributed by atoms with Crippen LogP contribution < -0.4 is 4.90 Å². The number of carbonyl (C=O) groups excluding carboxylic acids is 2. The lowest BCUT2D eigenvalue weighted by molar-refractivity contribution is 0.0474. The van der Waals surface area contributed by atoms with Crippen molar-refractivity contribution in [3.05, 3.63) is 113 Å². The Bertz CT molecular complexity index is 1390. The number of allylic oxidation sites excluding steroid dienone is 4. The van der Waals surface area contributed by atoms with Crippen molar-refractivity contribution in [2.75, 3.05) is 24.6 Å². The number of nitrogens with zero attached hydrogens (tertiary/aromatic N) is 1. The van der Waals surface area contributed by atoms with Crippen LogP contribution in [0.4, 0.5) is 5.69 Å². The first kappa shape index (κ1) is 22.3. The van der Waals surface area contributed by atoms with E-state index in [-0.39, 0.29) is 12.4 Å². The molecule has 0 radical (unpaired) electrons. The summed E-state index contributed by atoms with van der Waals surface area (Å²) in [7, 11) is 0. The molecule has 4 aliphatic rings. The summed E-state index contributed by atoms with van der Waals surface area (Å²) in [5.74, 6) is 1.22. The van der Waals surface area contributed by atoms with Crippen molar-refractivity contribution in [2.24, 2.45) is 11.8 Å². The van der Waals surface area contributed by atoms with Gasteiger partial charge in [-0.3, -0.25) is 4.79 Å². The van der Waals surface area contributed by atoms with Crippen LogP contribution >= 0.6 is 0 Å². The Balaban J connectivity index is 1.12. The van der Waals surface area contributed by atoms with E-state index in [1.165, 1.54) is 16.8 Å². The number of ketones is 1. The highest BCUT2D eigenvalue weighted by Crippen LogP contribution is 2.53. The molecule has 2 heterocycles. The third kappa shape index (κ3) is 3.83. The molecule has 7 rings (SSSR count). The fourth-order valence-corrected chi connectivity index (χ4v) is 6.77. The van der Waals surface area contributed by atoms with Crippen molar-refractivity contribution >= 4 is 17.4 Å². The number of ether oxygens (including phenoxy) is 1. The van der Waals surface area contributed by atoms with Gasteiger partial charge in [-0.2, -0.15) is 0 Å². The molecule has 0 unspecified atom stereocenters. The van der Waals surface area contributed by atoms with E-state index in [1.807, 2.05) is 54.6 Å². The molecule has 2 aliphatic heterocycles. The van der Waals surface area contributed by atoms with Crippen molar-refractivity contribution in [3.63, 3.8) is 0 Å². The number of Topliss-reactive ketones (excluding diaryl/α,β-unsaturated/α-hetero) is 1. The van der Waals surface area contributed by atoms with Crippen LogP contribution in [0.15, 0.2) is 91.0 Å². The number of anilines is 1. The second kappa shape index (κ2) is 8.88. The molecule has 4 heteroatoms. The predicted molar refractivity (Wildman–Crippen MR) is 145 cm³/mol. The zero-order valence-corrected chi connectivity index (χ0v) is 20.7. The molecular formula is C33H29NO3. The van der Waals surface area contributed by atoms with Crippen molar-refractivity contribution < 1.29 is 14.3 Å². The van der Waals surface area contributed by atoms with Crippen LogP contribution in [0.3, 0.4) is 0 Å². The fourth-order valence-electron chi connectivity index (χ4n) is 6.77. The Morgan fingerprint density at radius 3 is 1.97 bits per heavy atom. The highest BCUT2D eigenvalue weighted by Gasteiger charge is 2.42. The van der Waals surface area contributed by atoms with Gasteiger partial charge >= 0.3 is 5.97 Å². The minimum atomic E-state index is -0.423. The predicted octanol–water partition coefficient (Wildman–Crippen LogP) is 6.55. The van der Waals surface area contributed by atoms with E-state index in [0.29, 0.717) is 34.8 Å². The molecule has 0 bridgehead atoms. The van der Waals surface area contributed by atoms with E-state index in [0.717, 1.165) is 37.1 Å². The molecule has 3 aromatic rings. The molecule has 184 valence electrons. The molecule has 3 aromatic carbocycles. The van der Waals surface area contributed by atoms with E-state index < -0.39 is 5.97 Å². The summed E-state index contributed by atoms with van der Waals surface area (Å²) in [5.41, 5.74) is 7.06. The zero-order chi connectivity index (χ0) is 24.9. The van der Waals surface area contributed by atoms with Crippen LogP contribution in [0, 0.1) is 11.8 Å². The smallest absolute Gasteiger partial charge is 0.338 e. The van der Waals surface area contributed by atoms with Crippen molar-refractivity contribution in [1.29, 1.82) is 0 Å². The summed E-state index contributed by atoms with van der Waals surface area (Å²) < 4.78 is 5.58. The molecule has 0 aromatic heterocycles. The van der Waals surface area contributed by atoms with Crippen molar-refractivity contribution in [3.8, 4) is 11.1 Å². The monoisotopic (exact) mass is 487 g/mol. The Hall–Kier alpha value is -3.92. The maximum atomic E-state index is 13.2. The lowest BCUT2D eigenvalue weighted by Gasteiger charge is -2.46. The first-order valence-electron chi connectivity index (χ1n) is 13.3. The quantitative estimate of drug-likeness (QED) is 0.233. The number of rotatable bonds is 5. The number of hydrogen-bond acceptors (Lipinski definition) is 4. The lowest BCUT2D eigenvalue weighted by Crippen LogP contribution is -2.43. The molecule has 2 aliphatic carbocycles. The third-order valence-electron chi connectivity index (χ3n) is 8.58. The summed E-state index contributed by atoms with van der Waals surface area (Å²) in [5, 5.41) is 0. The average Bonchev–Trinajstić information content (AvgIpc) is 3.62. The molecular weight excluding hydrogens is 458 g/mol. The number of carbonyl (C=O) groups is 2. The van der Waals surface area contributed by atoms with Crippen LogP contribution in [-0.2, 0) is 4.74 Å². The normalized spacial score (nSPS) is 24.4. The Morgan fingerprint density at radius 2 is 1.35 bits per heavy atom. The standard InChI is InChI=1S/C33H29NO3/c35-31(23-14-12-22(13-15-23)21-6-2-1-3-7-21)20-37-33(36)26-16-29-27-10-4-8-24(27)18-34-19-25-9-5-11-28(25)30(17-26)32(29)34/h1-7,10-17,24-25,27-28H,8-9,18-20H2/t24-,25-,27-,28-/m0/s1. The van der Waals surface area contributed by atoms with Gasteiger partial charge in [-0.1, -0.05) is 78.9 Å². The van der Waals surface area contributed by atoms with Gasteiger partial charge in [0.2, 0.25) is 0 Å². The fraction of sp³-hybridized carbons (Fsp3) is 0.273. The average molecular weight is 488 g/mol. The van der Waals surface area contributed by atoms with Gasteiger partial charge in [-0.15, -0.1) is 0 Å². The zero-order valence-electron chi connectivity index (χ0n) is 20.7. The highest BCUT2D eigenvalue weighted by atomic mass is 16.5. The molecule has 37 heavy (non-hydrogen) atoms. The van der Waals surface area contributed by atoms with Gasteiger partial charge < -0.3 is 9.64 Å². The van der Waals surface area contributed by atoms with Crippen LogP contribution in [0.25, 0.3) is 11.1 Å². The number of hydrogen-bond donors (Lipinski definition) is 0. The summed E-state index contributed by atoms with van der Waals surface area (Å²) in [6.07, 6.45) is 11.4. The number of fused-ring (bicyclic) bond motifs is 4. The lowest BCUT2D eigenvalue weighted by atomic mass is 9.74. The Labute approximate surface area is 217 Å². The van der Waals surface area contributed by atoms with Crippen LogP contribution in [0.5, 0.6) is 0 Å². The largest absolute Gasteiger partial charge is 0.454 e. The number of esters is 1. The Kier molecular flexibility index (Phi) is 5.35. The van der Waals surface area contributed by atoms with Gasteiger partial charge in [0.15, 0.2) is 12.4 Å². The van der Waals surface area contributed by atoms with Crippen LogP contribution in [-0.4, -0.2) is 31.4 Å². The first-order valence-corrected chi connectivity index (χ1v) is 13.3. The maximum absolute atomic E-state index is 13.2. The molecule has 0 saturated heterocycles. The van der Waals surface area contributed by atoms with Crippen molar-refractivity contribution in [2.45, 2.75) is 24.7 Å². The minimum absolute atomic E-state index is 0.198. The van der Waals surface area contributed by atoms with Gasteiger partial charge in [0.25, 0.3) is 0 Å². The molecule has 4 atom stereocenters. The molecule has 0 amide bonds. The van der Waals surface area contributed by atoms with E-state index in [2.05, 4.69) is 29.2 Å². The number of benzene rings is 3. The first-order chi connectivity index (χ1) is 18.2. The van der Waals surface area contributed by atoms with E-state index in [9.17, 15) is 9.59 Å². The molecule has 0 saturated carbocycles. The van der Waals surface area contributed by atoms with Gasteiger partial charge in [-0.25, -0.2) is 4.79 Å². The van der Waals surface area contributed by atoms with Gasteiger partial charge in [-0.05, 0) is 59.1 Å². The molecule has 0 spiro atoms. The molecule has 4 nitrogen and oxygen atoms in total. The highest BCUT2D eigenvalue weighted by molar-refractivity contribution is 6.00. The van der Waals surface area contributed by atoms with Gasteiger partial charge in [0.05, 0.1) is 5.56 Å². The van der Waals surface area contributed by atoms with E-state index in [4.69, 9.17) is 4.74 Å². The molecule has 0 N–H and O–H groups in total. The SMILES string of the molecule is O=C(COC(=O)c1cc2c3c(c1)[C@H]1C=CC[C@H]1CN3C[C@@H]1CC=C[C@H]21)c1ccc(-c2ccccc2)cc1. The van der Waals surface area contributed by atoms with Crippen LogP contribution in [0.2, 0.25) is 0 Å². The third-order valence-corrected chi connectivity index (χ3v) is 8.58.